The summed E-state index contributed by atoms with van der Waals surface area (Å²) in [6.45, 7) is 0.299. The number of rotatable bonds is 9. The Morgan fingerprint density at radius 1 is 1.42 bits per heavy atom. The lowest BCUT2D eigenvalue weighted by molar-refractivity contribution is -0.385. The summed E-state index contributed by atoms with van der Waals surface area (Å²) in [7, 11) is 4.95. The van der Waals surface area contributed by atoms with Crippen LogP contribution in [0.5, 0.6) is 11.5 Å². The molecule has 0 aliphatic rings. The minimum atomic E-state index is -0.579. The van der Waals surface area contributed by atoms with E-state index in [2.05, 4.69) is 0 Å². The number of carbonyl (C=O) groups excluding carboxylic acids is 1. The van der Waals surface area contributed by atoms with Crippen molar-refractivity contribution in [2.45, 2.75) is 6.42 Å². The first-order chi connectivity index (χ1) is 11.4. The average molecular weight is 355 g/mol. The van der Waals surface area contributed by atoms with Gasteiger partial charge in [-0.2, -0.15) is 0 Å². The van der Waals surface area contributed by atoms with Crippen LogP contribution in [0.3, 0.4) is 0 Å². The van der Waals surface area contributed by atoms with E-state index in [1.165, 1.54) is 25.3 Å². The molecule has 0 heterocycles. The third-order valence-electron chi connectivity index (χ3n) is 2.95. The number of methoxy groups -OCH3 is 1. The van der Waals surface area contributed by atoms with E-state index in [1.54, 1.807) is 31.1 Å². The molecular formula is C16H19ClN2O5. The number of allylic oxidation sites excluding steroid dienone is 2. The van der Waals surface area contributed by atoms with Crippen LogP contribution in [-0.4, -0.2) is 49.5 Å². The first-order valence-corrected chi connectivity index (χ1v) is 7.63. The van der Waals surface area contributed by atoms with Gasteiger partial charge in [0.15, 0.2) is 11.5 Å². The molecule has 1 aromatic carbocycles. The number of nitro groups is 1. The van der Waals surface area contributed by atoms with E-state index in [0.717, 1.165) is 0 Å². The fourth-order valence-electron chi connectivity index (χ4n) is 1.83. The number of nitrogens with zero attached hydrogens (tertiary/aromatic N) is 2. The molecular weight excluding hydrogens is 336 g/mol. The zero-order valence-electron chi connectivity index (χ0n) is 13.7. The van der Waals surface area contributed by atoms with Gasteiger partial charge in [0.05, 0.1) is 35.8 Å². The molecule has 130 valence electrons. The molecule has 0 unspecified atom stereocenters. The molecule has 0 N–H and O–H groups in total. The first kappa shape index (κ1) is 19.5. The van der Waals surface area contributed by atoms with Crippen molar-refractivity contribution in [2.75, 3.05) is 33.7 Å². The Kier molecular flexibility index (Phi) is 7.82. The van der Waals surface area contributed by atoms with E-state index in [4.69, 9.17) is 21.1 Å². The molecule has 0 bridgehead atoms. The van der Waals surface area contributed by atoms with E-state index in [1.807, 2.05) is 0 Å². The molecule has 0 aliphatic carbocycles. The van der Waals surface area contributed by atoms with E-state index in [9.17, 15) is 14.9 Å². The molecule has 0 radical (unpaired) electrons. The molecule has 1 rings (SSSR count). The summed E-state index contributed by atoms with van der Waals surface area (Å²) in [6.07, 6.45) is 3.63. The van der Waals surface area contributed by atoms with Gasteiger partial charge < -0.3 is 14.4 Å². The largest absolute Gasteiger partial charge is 0.493 e. The molecule has 0 amide bonds. The van der Waals surface area contributed by atoms with Gasteiger partial charge in [-0.25, -0.2) is 4.79 Å². The number of alkyl halides is 1. The lowest BCUT2D eigenvalue weighted by atomic mass is 10.0. The summed E-state index contributed by atoms with van der Waals surface area (Å²) in [5, 5.41) is 11.4. The SMILES string of the molecule is COc1cc(C(=C=O)/C=C/N(C)C)c([N+](=O)[O-])cc1OCCCCl. The van der Waals surface area contributed by atoms with Crippen molar-refractivity contribution in [3.63, 3.8) is 0 Å². The first-order valence-electron chi connectivity index (χ1n) is 7.09. The number of halogens is 1. The summed E-state index contributed by atoms with van der Waals surface area (Å²) < 4.78 is 10.7. The Morgan fingerprint density at radius 3 is 2.62 bits per heavy atom. The van der Waals surface area contributed by atoms with Crippen LogP contribution in [0, 0.1) is 10.1 Å². The molecule has 7 nitrogen and oxygen atoms in total. The topological polar surface area (TPSA) is 81.9 Å². The number of hydrogen-bond acceptors (Lipinski definition) is 6. The molecule has 0 fully saturated rings. The van der Waals surface area contributed by atoms with Gasteiger partial charge in [-0.15, -0.1) is 11.6 Å². The highest BCUT2D eigenvalue weighted by Crippen LogP contribution is 2.37. The highest BCUT2D eigenvalue weighted by atomic mass is 35.5. The minimum Gasteiger partial charge on any atom is -0.493 e. The van der Waals surface area contributed by atoms with Crippen molar-refractivity contribution in [1.29, 1.82) is 0 Å². The maximum atomic E-state index is 11.4. The van der Waals surface area contributed by atoms with Gasteiger partial charge in [-0.05, 0) is 24.8 Å². The molecule has 0 spiro atoms. The van der Waals surface area contributed by atoms with Crippen molar-refractivity contribution in [2.24, 2.45) is 0 Å². The monoisotopic (exact) mass is 354 g/mol. The second-order valence-electron chi connectivity index (χ2n) is 4.96. The van der Waals surface area contributed by atoms with Crippen molar-refractivity contribution >= 4 is 28.8 Å². The van der Waals surface area contributed by atoms with E-state index in [0.29, 0.717) is 18.9 Å². The van der Waals surface area contributed by atoms with Gasteiger partial charge in [0, 0.05) is 20.0 Å². The van der Waals surface area contributed by atoms with Crippen molar-refractivity contribution in [3.8, 4) is 11.5 Å². The molecule has 8 heteroatoms. The molecule has 0 saturated carbocycles. The highest BCUT2D eigenvalue weighted by Gasteiger charge is 2.22. The standard InChI is InChI=1S/C16H19ClN2O5/c1-18(2)7-5-12(11-20)13-9-15(23-3)16(24-8-4-6-17)10-14(13)19(21)22/h5,7,9-10H,4,6,8H2,1-3H3/b7-5+. The molecule has 0 aliphatic heterocycles. The molecule has 1 aromatic rings. The normalized spacial score (nSPS) is 10.3. The van der Waals surface area contributed by atoms with Crippen LogP contribution in [0.25, 0.3) is 5.57 Å². The fraction of sp³-hybridized carbons (Fsp3) is 0.375. The lowest BCUT2D eigenvalue weighted by Gasteiger charge is -2.12. The Balaban J connectivity index is 3.38. The summed E-state index contributed by atoms with van der Waals surface area (Å²) >= 11 is 5.59. The van der Waals surface area contributed by atoms with E-state index >= 15 is 0 Å². The minimum absolute atomic E-state index is 0.0426. The lowest BCUT2D eigenvalue weighted by Crippen LogP contribution is -2.04. The molecule has 0 atom stereocenters. The smallest absolute Gasteiger partial charge is 0.281 e. The quantitative estimate of drug-likeness (QED) is 0.169. The van der Waals surface area contributed by atoms with Gasteiger partial charge >= 0.3 is 0 Å². The molecule has 0 aromatic heterocycles. The van der Waals surface area contributed by atoms with Crippen LogP contribution in [0.4, 0.5) is 5.69 Å². The van der Waals surface area contributed by atoms with Gasteiger partial charge in [-0.1, -0.05) is 0 Å². The van der Waals surface area contributed by atoms with Crippen LogP contribution in [0.2, 0.25) is 0 Å². The fourth-order valence-corrected chi connectivity index (χ4v) is 1.94. The number of hydrogen-bond donors (Lipinski definition) is 0. The van der Waals surface area contributed by atoms with Crippen molar-refractivity contribution < 1.29 is 19.2 Å². The summed E-state index contributed by atoms with van der Waals surface area (Å²) in [5.41, 5.74) is -0.117. The van der Waals surface area contributed by atoms with Crippen LogP contribution in [0.1, 0.15) is 12.0 Å². The highest BCUT2D eigenvalue weighted by molar-refractivity contribution is 6.17. The third kappa shape index (κ3) is 5.30. The zero-order chi connectivity index (χ0) is 18.1. The van der Waals surface area contributed by atoms with E-state index in [-0.39, 0.29) is 28.3 Å². The number of nitro benzene ring substituents is 1. The van der Waals surface area contributed by atoms with Crippen LogP contribution >= 0.6 is 11.6 Å². The summed E-state index contributed by atoms with van der Waals surface area (Å²) in [4.78, 5) is 23.7. The van der Waals surface area contributed by atoms with Crippen LogP contribution in [0.15, 0.2) is 24.4 Å². The second-order valence-corrected chi connectivity index (χ2v) is 5.34. The Labute approximate surface area is 145 Å². The van der Waals surface area contributed by atoms with Crippen LogP contribution in [-0.2, 0) is 4.79 Å². The zero-order valence-corrected chi connectivity index (χ0v) is 14.5. The predicted molar refractivity (Wildman–Crippen MR) is 92.4 cm³/mol. The second kappa shape index (κ2) is 9.60. The Hall–Kier alpha value is -2.50. The van der Waals surface area contributed by atoms with Gasteiger partial charge in [0.25, 0.3) is 5.69 Å². The average Bonchev–Trinajstić information content (AvgIpc) is 2.55. The Morgan fingerprint density at radius 2 is 2.12 bits per heavy atom. The maximum Gasteiger partial charge on any atom is 0.281 e. The number of ether oxygens (including phenoxy) is 2. The molecule has 24 heavy (non-hydrogen) atoms. The van der Waals surface area contributed by atoms with E-state index < -0.39 is 4.92 Å². The third-order valence-corrected chi connectivity index (χ3v) is 3.22. The summed E-state index contributed by atoms with van der Waals surface area (Å²) in [6, 6.07) is 2.64. The van der Waals surface area contributed by atoms with Crippen molar-refractivity contribution in [3.05, 3.63) is 40.1 Å². The molecule has 0 saturated heterocycles. The van der Waals surface area contributed by atoms with Crippen LogP contribution < -0.4 is 9.47 Å². The predicted octanol–water partition coefficient (Wildman–Crippen LogP) is 2.90. The van der Waals surface area contributed by atoms with Gasteiger partial charge in [-0.3, -0.25) is 10.1 Å². The summed E-state index contributed by atoms with van der Waals surface area (Å²) in [5.74, 6) is 2.65. The van der Waals surface area contributed by atoms with Gasteiger partial charge in [0.1, 0.15) is 5.94 Å². The van der Waals surface area contributed by atoms with Crippen molar-refractivity contribution in [1.82, 2.24) is 4.90 Å². The Bertz CT molecular complexity index is 667. The van der Waals surface area contributed by atoms with Gasteiger partial charge in [0.2, 0.25) is 0 Å². The number of benzene rings is 1. The maximum absolute atomic E-state index is 11.4.